The quantitative estimate of drug-likeness (QED) is 0.0615. The van der Waals surface area contributed by atoms with E-state index in [1.807, 2.05) is 24.3 Å². The van der Waals surface area contributed by atoms with E-state index in [9.17, 15) is 28.6 Å². The van der Waals surface area contributed by atoms with Crippen LogP contribution in [0.1, 0.15) is 46.2 Å². The van der Waals surface area contributed by atoms with E-state index < -0.39 is 23.4 Å². The fourth-order valence-electron chi connectivity index (χ4n) is 6.72. The molecule has 8 rings (SSSR count). The number of rotatable bonds is 10. The number of halogens is 4. The van der Waals surface area contributed by atoms with Gasteiger partial charge in [0.25, 0.3) is 11.8 Å². The minimum atomic E-state index is -0.435. The zero-order chi connectivity index (χ0) is 40.8. The molecule has 0 fully saturated rings. The number of fused-ring (bicyclic) bond motifs is 4. The van der Waals surface area contributed by atoms with Gasteiger partial charge in [0.2, 0.25) is 11.8 Å². The van der Waals surface area contributed by atoms with Gasteiger partial charge in [-0.05, 0) is 134 Å². The molecule has 17 heteroatoms. The van der Waals surface area contributed by atoms with Gasteiger partial charge in [0.05, 0.1) is 34.6 Å². The zero-order valence-electron chi connectivity index (χ0n) is 31.3. The molecule has 59 heavy (non-hydrogen) atoms. The van der Waals surface area contributed by atoms with Crippen LogP contribution in [-0.4, -0.2) is 57.6 Å². The van der Waals surface area contributed by atoms with Crippen LogP contribution in [0.5, 0.6) is 23.3 Å². The molecule has 6 aromatic rings. The van der Waals surface area contributed by atoms with Crippen molar-refractivity contribution in [1.82, 2.24) is 20.8 Å². The van der Waals surface area contributed by atoms with Gasteiger partial charge in [0, 0.05) is 39.2 Å². The molecule has 4 aromatic carbocycles. The molecule has 2 heterocycles. The normalized spacial score (nSPS) is 12.8. The average Bonchev–Trinajstić information content (AvgIpc) is 3.91. The van der Waals surface area contributed by atoms with Gasteiger partial charge in [0.1, 0.15) is 23.1 Å². The molecule has 2 amide bonds. The van der Waals surface area contributed by atoms with Gasteiger partial charge in [-0.25, -0.2) is 29.6 Å². The fourth-order valence-corrected chi connectivity index (χ4v) is 7.86. The number of nitrogens with zero attached hydrogens (tertiary/aromatic N) is 4. The molecule has 2 aliphatic carbocycles. The van der Waals surface area contributed by atoms with Crippen LogP contribution in [0.2, 0.25) is 0 Å². The number of aromatic hydroxyl groups is 2. The first-order valence-electron chi connectivity index (χ1n) is 18.1. The van der Waals surface area contributed by atoms with Crippen LogP contribution in [0.4, 0.5) is 8.78 Å². The van der Waals surface area contributed by atoms with E-state index in [0.717, 1.165) is 58.6 Å². The number of carbonyl (C=O) groups is 2. The van der Waals surface area contributed by atoms with Crippen molar-refractivity contribution in [3.8, 4) is 23.3 Å². The summed E-state index contributed by atoms with van der Waals surface area (Å²) in [6.45, 7) is -0.364. The average molecular weight is 982 g/mol. The van der Waals surface area contributed by atoms with Crippen molar-refractivity contribution in [1.29, 1.82) is 0 Å². The summed E-state index contributed by atoms with van der Waals surface area (Å²) in [6, 6.07) is 18.7. The van der Waals surface area contributed by atoms with Gasteiger partial charge in [-0.1, -0.05) is 31.9 Å². The van der Waals surface area contributed by atoms with Gasteiger partial charge < -0.3 is 19.7 Å². The molecule has 0 spiro atoms. The number of hydrazone groups is 2. The molecule has 0 atom stereocenters. The van der Waals surface area contributed by atoms with Gasteiger partial charge >= 0.3 is 0 Å². The standard InChI is InChI=1S/2C21H17BrFN3O3.Zn/c2*22-17-5-7-19(16-3-1-2-15(16)17)29-11-20(27)26-24-10-13-8-12-9-14(23)4-6-18(12)25-21(13)28;/h2*4-10H,1-3,11H2,(H,25,28)(H,26,27);/b2*24-10+;. The van der Waals surface area contributed by atoms with Crippen LogP contribution < -0.4 is 20.3 Å². The van der Waals surface area contributed by atoms with Gasteiger partial charge in [-0.2, -0.15) is 10.2 Å². The summed E-state index contributed by atoms with van der Waals surface area (Å²) < 4.78 is 40.2. The summed E-state index contributed by atoms with van der Waals surface area (Å²) in [6.07, 6.45) is 8.49. The van der Waals surface area contributed by atoms with E-state index in [2.05, 4.69) is 62.9 Å². The molecule has 2 aromatic heterocycles. The Kier molecular flexibility index (Phi) is 14.3. The number of amides is 2. The predicted octanol–water partition coefficient (Wildman–Crippen LogP) is 7.72. The first-order valence-corrected chi connectivity index (χ1v) is 19.7. The van der Waals surface area contributed by atoms with Crippen LogP contribution in [0.3, 0.4) is 0 Å². The van der Waals surface area contributed by atoms with E-state index >= 15 is 0 Å². The maximum Gasteiger partial charge on any atom is 0.277 e. The Balaban J connectivity index is 0.000000195. The Hall–Kier alpha value is -5.38. The summed E-state index contributed by atoms with van der Waals surface area (Å²) in [5.74, 6) is -0.787. The van der Waals surface area contributed by atoms with Gasteiger partial charge in [0.15, 0.2) is 13.2 Å². The Labute approximate surface area is 366 Å². The van der Waals surface area contributed by atoms with E-state index in [0.29, 0.717) is 33.3 Å². The molecule has 4 N–H and O–H groups in total. The zero-order valence-corrected chi connectivity index (χ0v) is 37.4. The number of hydrogen-bond acceptors (Lipinski definition) is 10. The van der Waals surface area contributed by atoms with E-state index in [1.165, 1.54) is 72.1 Å². The van der Waals surface area contributed by atoms with Gasteiger partial charge in [-0.15, -0.1) is 0 Å². The maximum atomic E-state index is 13.4. The second-order valence-electron chi connectivity index (χ2n) is 13.4. The topological polar surface area (TPSA) is 168 Å². The maximum absolute atomic E-state index is 13.4. The summed E-state index contributed by atoms with van der Waals surface area (Å²) in [7, 11) is 0. The molecule has 0 saturated heterocycles. The fraction of sp³-hybridized carbons (Fsp3) is 0.190. The Morgan fingerprint density at radius 3 is 1.47 bits per heavy atom. The number of hydrogen-bond donors (Lipinski definition) is 4. The molecule has 0 radical (unpaired) electrons. The predicted molar refractivity (Wildman–Crippen MR) is 222 cm³/mol. The van der Waals surface area contributed by atoms with Crippen molar-refractivity contribution < 1.29 is 57.5 Å². The molecule has 2 aliphatic rings. The number of ether oxygens (including phenoxy) is 2. The Morgan fingerprint density at radius 2 is 1.05 bits per heavy atom. The molecular weight excluding hydrogens is 948 g/mol. The molecule has 0 bridgehead atoms. The summed E-state index contributed by atoms with van der Waals surface area (Å²) in [4.78, 5) is 32.0. The number of pyridine rings is 2. The SMILES string of the molecule is O=C(COc1ccc(Br)c2c1CCC2)N/N=C/c1cc2cc(F)ccc2nc1O.O=C(COc1ccc(Br)c2c1CCC2)N/N=C/c1cc2cc(F)ccc2nc1O.[Zn]. The minimum Gasteiger partial charge on any atom is -0.493 e. The van der Waals surface area contributed by atoms with Crippen LogP contribution in [-0.2, 0) is 54.8 Å². The Bertz CT molecular complexity index is 2450. The van der Waals surface area contributed by atoms with Crippen molar-refractivity contribution in [2.75, 3.05) is 13.2 Å². The third-order valence-corrected chi connectivity index (χ3v) is 10.9. The molecule has 0 unspecified atom stereocenters. The number of benzene rings is 4. The van der Waals surface area contributed by atoms with E-state index in [1.54, 1.807) is 0 Å². The summed E-state index contributed by atoms with van der Waals surface area (Å²) in [5, 5.41) is 28.6. The van der Waals surface area contributed by atoms with Gasteiger partial charge in [-0.3, -0.25) is 9.59 Å². The van der Waals surface area contributed by atoms with Crippen LogP contribution in [0.25, 0.3) is 21.8 Å². The van der Waals surface area contributed by atoms with E-state index in [-0.39, 0.29) is 55.6 Å². The van der Waals surface area contributed by atoms with Crippen molar-refractivity contribution in [2.45, 2.75) is 38.5 Å². The smallest absolute Gasteiger partial charge is 0.277 e. The first-order chi connectivity index (χ1) is 28.0. The molecule has 0 saturated carbocycles. The molecule has 12 nitrogen and oxygen atoms in total. The van der Waals surface area contributed by atoms with Crippen molar-refractivity contribution in [2.24, 2.45) is 10.2 Å². The largest absolute Gasteiger partial charge is 0.493 e. The number of nitrogens with one attached hydrogen (secondary N) is 2. The third kappa shape index (κ3) is 10.6. The summed E-state index contributed by atoms with van der Waals surface area (Å²) in [5.41, 5.74) is 10.9. The van der Waals surface area contributed by atoms with Crippen LogP contribution in [0.15, 0.2) is 91.9 Å². The molecular formula is C42H34Br2F2N6O6Zn. The third-order valence-electron chi connectivity index (χ3n) is 9.44. The monoisotopic (exact) mass is 978 g/mol. The Morgan fingerprint density at radius 1 is 0.644 bits per heavy atom. The molecule has 298 valence electrons. The number of carbonyl (C=O) groups excluding carboxylic acids is 2. The van der Waals surface area contributed by atoms with Crippen LogP contribution >= 0.6 is 31.9 Å². The van der Waals surface area contributed by atoms with Crippen molar-refractivity contribution in [3.63, 3.8) is 0 Å². The molecule has 0 aliphatic heterocycles. The second kappa shape index (κ2) is 19.6. The first kappa shape index (κ1) is 43.2. The minimum absolute atomic E-state index is 0. The van der Waals surface area contributed by atoms with Crippen molar-refractivity contribution >= 4 is 77.9 Å². The number of aromatic nitrogens is 2. The van der Waals surface area contributed by atoms with Crippen LogP contribution in [0, 0.1) is 11.6 Å². The van der Waals surface area contributed by atoms with E-state index in [4.69, 9.17) is 9.47 Å². The van der Waals surface area contributed by atoms with Crippen molar-refractivity contribution in [3.05, 3.63) is 127 Å². The second-order valence-corrected chi connectivity index (χ2v) is 15.1. The summed E-state index contributed by atoms with van der Waals surface area (Å²) >= 11 is 7.08.